The molecular formula is C18H26N4O3S. The lowest BCUT2D eigenvalue weighted by molar-refractivity contribution is 0.0951. The van der Waals surface area contributed by atoms with E-state index in [1.165, 1.54) is 0 Å². The Morgan fingerprint density at radius 2 is 1.92 bits per heavy atom. The Morgan fingerprint density at radius 1 is 1.19 bits per heavy atom. The summed E-state index contributed by atoms with van der Waals surface area (Å²) in [5.41, 5.74) is 7.08. The SMILES string of the molecule is CCC1NNC2CCN(S(=O)(=O)c3ccc(C(=O)NC4CC4)cc3)CC12. The van der Waals surface area contributed by atoms with Gasteiger partial charge in [0, 0.05) is 42.7 Å². The van der Waals surface area contributed by atoms with Crippen molar-refractivity contribution < 1.29 is 13.2 Å². The van der Waals surface area contributed by atoms with E-state index in [0.717, 1.165) is 25.7 Å². The van der Waals surface area contributed by atoms with Gasteiger partial charge in [-0.3, -0.25) is 15.6 Å². The molecule has 1 aromatic rings. The van der Waals surface area contributed by atoms with Gasteiger partial charge < -0.3 is 5.32 Å². The molecule has 8 heteroatoms. The molecule has 0 aromatic heterocycles. The summed E-state index contributed by atoms with van der Waals surface area (Å²) in [6.45, 7) is 3.15. The second-order valence-electron chi connectivity index (χ2n) is 7.50. The standard InChI is InChI=1S/C18H26N4O3S/c1-2-16-15-11-22(10-9-17(15)21-20-16)26(24,25)14-7-3-12(4-8-14)18(23)19-13-5-6-13/h3-4,7-8,13,15-17,20-21H,2,5-6,9-11H2,1H3,(H,19,23). The van der Waals surface area contributed by atoms with E-state index in [0.29, 0.717) is 30.7 Å². The van der Waals surface area contributed by atoms with Crippen molar-refractivity contribution in [1.82, 2.24) is 20.5 Å². The third kappa shape index (κ3) is 3.38. The molecule has 3 fully saturated rings. The molecule has 1 saturated carbocycles. The van der Waals surface area contributed by atoms with E-state index in [1.807, 2.05) is 0 Å². The number of hydrazine groups is 1. The number of carbonyl (C=O) groups excluding carboxylic acids is 1. The first-order valence-electron chi connectivity index (χ1n) is 9.41. The molecule has 3 N–H and O–H groups in total. The zero-order chi connectivity index (χ0) is 18.3. The van der Waals surface area contributed by atoms with Crippen LogP contribution in [0.5, 0.6) is 0 Å². The van der Waals surface area contributed by atoms with Crippen LogP contribution >= 0.6 is 0 Å². The molecule has 4 rings (SSSR count). The maximum Gasteiger partial charge on any atom is 0.251 e. The molecule has 2 saturated heterocycles. The molecule has 0 bridgehead atoms. The average Bonchev–Trinajstić information content (AvgIpc) is 3.37. The number of carbonyl (C=O) groups is 1. The summed E-state index contributed by atoms with van der Waals surface area (Å²) < 4.78 is 27.6. The first-order chi connectivity index (χ1) is 12.5. The predicted octanol–water partition coefficient (Wildman–Crippen LogP) is 0.844. The second-order valence-corrected chi connectivity index (χ2v) is 9.44. The lowest BCUT2D eigenvalue weighted by Gasteiger charge is -2.35. The van der Waals surface area contributed by atoms with Crippen LogP contribution in [0.2, 0.25) is 0 Å². The van der Waals surface area contributed by atoms with Gasteiger partial charge in [-0.2, -0.15) is 4.31 Å². The Hall–Kier alpha value is -1.48. The molecule has 1 aromatic carbocycles. The number of piperidine rings is 1. The van der Waals surface area contributed by atoms with Crippen molar-refractivity contribution in [2.75, 3.05) is 13.1 Å². The van der Waals surface area contributed by atoms with E-state index in [-0.39, 0.29) is 22.8 Å². The summed E-state index contributed by atoms with van der Waals surface area (Å²) in [6, 6.07) is 7.21. The highest BCUT2D eigenvalue weighted by molar-refractivity contribution is 7.89. The Bertz CT molecular complexity index is 770. The van der Waals surface area contributed by atoms with Gasteiger partial charge in [0.2, 0.25) is 10.0 Å². The highest BCUT2D eigenvalue weighted by Gasteiger charge is 2.42. The van der Waals surface area contributed by atoms with Crippen LogP contribution in [0.3, 0.4) is 0 Å². The lowest BCUT2D eigenvalue weighted by atomic mass is 9.88. The summed E-state index contributed by atoms with van der Waals surface area (Å²) in [5.74, 6) is 0.151. The number of hydrogen-bond donors (Lipinski definition) is 3. The molecule has 3 aliphatic rings. The summed E-state index contributed by atoms with van der Waals surface area (Å²) in [5, 5.41) is 2.92. The Labute approximate surface area is 154 Å². The van der Waals surface area contributed by atoms with Gasteiger partial charge in [0.05, 0.1) is 4.90 Å². The van der Waals surface area contributed by atoms with Crippen LogP contribution in [0.15, 0.2) is 29.2 Å². The Morgan fingerprint density at radius 3 is 2.58 bits per heavy atom. The van der Waals surface area contributed by atoms with E-state index in [2.05, 4.69) is 23.1 Å². The van der Waals surface area contributed by atoms with Crippen molar-refractivity contribution in [3.63, 3.8) is 0 Å². The monoisotopic (exact) mass is 378 g/mol. The summed E-state index contributed by atoms with van der Waals surface area (Å²) in [6.07, 6.45) is 3.82. The molecule has 2 heterocycles. The van der Waals surface area contributed by atoms with Crippen LogP contribution in [-0.4, -0.2) is 49.8 Å². The fourth-order valence-corrected chi connectivity index (χ4v) is 5.40. The van der Waals surface area contributed by atoms with Crippen LogP contribution < -0.4 is 16.2 Å². The summed E-state index contributed by atoms with van der Waals surface area (Å²) in [4.78, 5) is 12.3. The molecule has 2 aliphatic heterocycles. The molecule has 7 nitrogen and oxygen atoms in total. The third-order valence-electron chi connectivity index (χ3n) is 5.70. The maximum absolute atomic E-state index is 13.0. The van der Waals surface area contributed by atoms with Crippen molar-refractivity contribution in [2.24, 2.45) is 5.92 Å². The molecule has 1 amide bonds. The minimum absolute atomic E-state index is 0.133. The number of sulfonamides is 1. The van der Waals surface area contributed by atoms with Gasteiger partial charge in [-0.1, -0.05) is 6.92 Å². The van der Waals surface area contributed by atoms with Crippen molar-refractivity contribution in [3.05, 3.63) is 29.8 Å². The fourth-order valence-electron chi connectivity index (χ4n) is 3.91. The van der Waals surface area contributed by atoms with Crippen molar-refractivity contribution >= 4 is 15.9 Å². The molecule has 0 radical (unpaired) electrons. The molecule has 26 heavy (non-hydrogen) atoms. The van der Waals surface area contributed by atoms with Crippen molar-refractivity contribution in [3.8, 4) is 0 Å². The molecule has 3 atom stereocenters. The Balaban J connectivity index is 1.48. The third-order valence-corrected chi connectivity index (χ3v) is 7.58. The summed E-state index contributed by atoms with van der Waals surface area (Å²) >= 11 is 0. The minimum Gasteiger partial charge on any atom is -0.349 e. The normalized spacial score (nSPS) is 29.3. The van der Waals surface area contributed by atoms with E-state index in [9.17, 15) is 13.2 Å². The first-order valence-corrected chi connectivity index (χ1v) is 10.8. The van der Waals surface area contributed by atoms with Crippen molar-refractivity contribution in [2.45, 2.75) is 55.6 Å². The largest absolute Gasteiger partial charge is 0.349 e. The van der Waals surface area contributed by atoms with Gasteiger partial charge in [-0.15, -0.1) is 0 Å². The van der Waals surface area contributed by atoms with E-state index < -0.39 is 10.0 Å². The number of nitrogens with zero attached hydrogens (tertiary/aromatic N) is 1. The first kappa shape index (κ1) is 17.9. The summed E-state index contributed by atoms with van der Waals surface area (Å²) in [7, 11) is -3.54. The molecule has 1 aliphatic carbocycles. The fraction of sp³-hybridized carbons (Fsp3) is 0.611. The molecular weight excluding hydrogens is 352 g/mol. The van der Waals surface area contributed by atoms with Crippen LogP contribution in [0.1, 0.15) is 43.0 Å². The quantitative estimate of drug-likeness (QED) is 0.707. The Kier molecular flexibility index (Phi) is 4.77. The van der Waals surface area contributed by atoms with E-state index >= 15 is 0 Å². The number of fused-ring (bicyclic) bond motifs is 1. The average molecular weight is 378 g/mol. The lowest BCUT2D eigenvalue weighted by Crippen LogP contribution is -2.48. The number of nitrogens with one attached hydrogen (secondary N) is 3. The van der Waals surface area contributed by atoms with E-state index in [1.54, 1.807) is 28.6 Å². The highest BCUT2D eigenvalue weighted by atomic mass is 32.2. The number of hydrogen-bond acceptors (Lipinski definition) is 5. The smallest absolute Gasteiger partial charge is 0.251 e. The topological polar surface area (TPSA) is 90.5 Å². The van der Waals surface area contributed by atoms with Crippen LogP contribution in [0.4, 0.5) is 0 Å². The van der Waals surface area contributed by atoms with Crippen LogP contribution in [0, 0.1) is 5.92 Å². The van der Waals surface area contributed by atoms with Gasteiger partial charge in [0.15, 0.2) is 0 Å². The van der Waals surface area contributed by atoms with Gasteiger partial charge in [-0.25, -0.2) is 8.42 Å². The number of rotatable bonds is 5. The molecule has 3 unspecified atom stereocenters. The van der Waals surface area contributed by atoms with Gasteiger partial charge >= 0.3 is 0 Å². The number of benzene rings is 1. The molecule has 142 valence electrons. The number of amides is 1. The zero-order valence-corrected chi connectivity index (χ0v) is 15.8. The van der Waals surface area contributed by atoms with E-state index in [4.69, 9.17) is 0 Å². The zero-order valence-electron chi connectivity index (χ0n) is 14.9. The highest BCUT2D eigenvalue weighted by Crippen LogP contribution is 2.29. The van der Waals surface area contributed by atoms with Gasteiger partial charge in [-0.05, 0) is 49.9 Å². The predicted molar refractivity (Wildman–Crippen MR) is 97.9 cm³/mol. The second kappa shape index (κ2) is 6.92. The molecule has 0 spiro atoms. The van der Waals surface area contributed by atoms with Crippen molar-refractivity contribution in [1.29, 1.82) is 0 Å². The minimum atomic E-state index is -3.54. The van der Waals surface area contributed by atoms with Crippen LogP contribution in [0.25, 0.3) is 0 Å². The van der Waals surface area contributed by atoms with Crippen LogP contribution in [-0.2, 0) is 10.0 Å². The van der Waals surface area contributed by atoms with Gasteiger partial charge in [0.1, 0.15) is 0 Å². The van der Waals surface area contributed by atoms with Gasteiger partial charge in [0.25, 0.3) is 5.91 Å². The maximum atomic E-state index is 13.0.